The number of amides is 2. The molecular formula is C31H38ClN3O4S. The topological polar surface area (TPSA) is 86.8 Å². The molecule has 214 valence electrons. The van der Waals surface area contributed by atoms with Crippen molar-refractivity contribution < 1.29 is 18.0 Å². The van der Waals surface area contributed by atoms with Crippen molar-refractivity contribution in [1.29, 1.82) is 0 Å². The van der Waals surface area contributed by atoms with E-state index < -0.39 is 28.5 Å². The predicted octanol–water partition coefficient (Wildman–Crippen LogP) is 5.88. The molecule has 1 N–H and O–H groups in total. The number of rotatable bonds is 13. The third-order valence-electron chi connectivity index (χ3n) is 6.63. The quantitative estimate of drug-likeness (QED) is 0.255. The van der Waals surface area contributed by atoms with Gasteiger partial charge in [-0.3, -0.25) is 13.9 Å². The molecule has 0 radical (unpaired) electrons. The molecule has 0 saturated carbocycles. The molecule has 0 aliphatic carbocycles. The van der Waals surface area contributed by atoms with Crippen LogP contribution < -0.4 is 9.62 Å². The molecule has 9 heteroatoms. The van der Waals surface area contributed by atoms with Crippen LogP contribution in [0.15, 0.2) is 77.7 Å². The van der Waals surface area contributed by atoms with Crippen LogP contribution in [-0.4, -0.2) is 44.3 Å². The van der Waals surface area contributed by atoms with Crippen molar-refractivity contribution in [3.8, 4) is 0 Å². The molecule has 7 nitrogen and oxygen atoms in total. The van der Waals surface area contributed by atoms with Gasteiger partial charge in [-0.15, -0.1) is 0 Å². The summed E-state index contributed by atoms with van der Waals surface area (Å²) in [5.41, 5.74) is 3.04. The monoisotopic (exact) mass is 583 g/mol. The van der Waals surface area contributed by atoms with Gasteiger partial charge in [-0.25, -0.2) is 8.42 Å². The fourth-order valence-corrected chi connectivity index (χ4v) is 6.02. The van der Waals surface area contributed by atoms with Crippen LogP contribution in [0.1, 0.15) is 49.8 Å². The molecule has 3 rings (SSSR count). The number of benzene rings is 3. The van der Waals surface area contributed by atoms with Crippen LogP contribution in [0.4, 0.5) is 5.69 Å². The van der Waals surface area contributed by atoms with E-state index in [4.69, 9.17) is 11.6 Å². The van der Waals surface area contributed by atoms with Crippen LogP contribution in [0.2, 0.25) is 5.02 Å². The maximum absolute atomic E-state index is 14.1. The van der Waals surface area contributed by atoms with Crippen molar-refractivity contribution in [1.82, 2.24) is 10.2 Å². The molecular weight excluding hydrogens is 546 g/mol. The first-order valence-corrected chi connectivity index (χ1v) is 15.4. The fraction of sp³-hybridized carbons (Fsp3) is 0.355. The second kappa shape index (κ2) is 14.3. The Labute approximate surface area is 243 Å². The van der Waals surface area contributed by atoms with Gasteiger partial charge in [0.1, 0.15) is 12.6 Å². The number of nitrogens with zero attached hydrogens (tertiary/aromatic N) is 2. The van der Waals surface area contributed by atoms with E-state index in [9.17, 15) is 18.0 Å². The third-order valence-corrected chi connectivity index (χ3v) is 8.66. The van der Waals surface area contributed by atoms with E-state index in [0.29, 0.717) is 18.0 Å². The van der Waals surface area contributed by atoms with Crippen LogP contribution in [0.25, 0.3) is 0 Å². The first kappa shape index (κ1) is 31.2. The Hall–Kier alpha value is -3.36. The molecule has 0 aliphatic heterocycles. The van der Waals surface area contributed by atoms with Gasteiger partial charge in [-0.2, -0.15) is 0 Å². The highest BCUT2D eigenvalue weighted by molar-refractivity contribution is 7.92. The van der Waals surface area contributed by atoms with Crippen molar-refractivity contribution >= 4 is 39.1 Å². The summed E-state index contributed by atoms with van der Waals surface area (Å²) in [7, 11) is -4.14. The first-order valence-electron chi connectivity index (χ1n) is 13.5. The number of hydrogen-bond donors (Lipinski definition) is 1. The second-order valence-electron chi connectivity index (χ2n) is 9.88. The molecule has 1 atom stereocenters. The summed E-state index contributed by atoms with van der Waals surface area (Å²) < 4.78 is 28.9. The molecule has 0 bridgehead atoms. The SMILES string of the molecule is CCCCNC(=O)[C@H](CC)N(Cc1cccc(C)c1)C(=O)CN(c1cccc(Cl)c1)S(=O)(=O)c1ccc(C)cc1. The van der Waals surface area contributed by atoms with Crippen molar-refractivity contribution in [2.45, 2.75) is 64.4 Å². The van der Waals surface area contributed by atoms with Gasteiger partial charge in [0.25, 0.3) is 10.0 Å². The smallest absolute Gasteiger partial charge is 0.264 e. The van der Waals surface area contributed by atoms with Crippen molar-refractivity contribution in [3.05, 3.63) is 94.5 Å². The number of sulfonamides is 1. The van der Waals surface area contributed by atoms with Gasteiger partial charge in [0.15, 0.2) is 0 Å². The fourth-order valence-electron chi connectivity index (χ4n) is 4.43. The van der Waals surface area contributed by atoms with Crippen LogP contribution >= 0.6 is 11.6 Å². The predicted molar refractivity (Wildman–Crippen MR) is 161 cm³/mol. The zero-order chi connectivity index (χ0) is 29.3. The number of carbonyl (C=O) groups is 2. The zero-order valence-electron chi connectivity index (χ0n) is 23.6. The van der Waals surface area contributed by atoms with Gasteiger partial charge < -0.3 is 10.2 Å². The highest BCUT2D eigenvalue weighted by Crippen LogP contribution is 2.27. The summed E-state index contributed by atoms with van der Waals surface area (Å²) in [6.07, 6.45) is 2.12. The van der Waals surface area contributed by atoms with E-state index in [-0.39, 0.29) is 23.0 Å². The van der Waals surface area contributed by atoms with Crippen LogP contribution in [0.3, 0.4) is 0 Å². The molecule has 40 heavy (non-hydrogen) atoms. The Balaban J connectivity index is 2.04. The Kier molecular flexibility index (Phi) is 11.2. The average molecular weight is 584 g/mol. The summed E-state index contributed by atoms with van der Waals surface area (Å²) in [4.78, 5) is 28.9. The molecule has 0 aliphatic rings. The lowest BCUT2D eigenvalue weighted by Crippen LogP contribution is -2.52. The largest absolute Gasteiger partial charge is 0.354 e. The third kappa shape index (κ3) is 8.08. The van der Waals surface area contributed by atoms with Gasteiger partial charge in [0, 0.05) is 18.1 Å². The van der Waals surface area contributed by atoms with Crippen molar-refractivity contribution in [2.24, 2.45) is 0 Å². The van der Waals surface area contributed by atoms with E-state index in [1.165, 1.54) is 23.1 Å². The van der Waals surface area contributed by atoms with Crippen molar-refractivity contribution in [3.63, 3.8) is 0 Å². The van der Waals surface area contributed by atoms with E-state index in [1.54, 1.807) is 30.3 Å². The van der Waals surface area contributed by atoms with Gasteiger partial charge in [0.05, 0.1) is 10.6 Å². The van der Waals surface area contributed by atoms with Crippen molar-refractivity contribution in [2.75, 3.05) is 17.4 Å². The summed E-state index contributed by atoms with van der Waals surface area (Å²) >= 11 is 6.23. The Morgan fingerprint density at radius 1 is 0.925 bits per heavy atom. The average Bonchev–Trinajstić information content (AvgIpc) is 2.91. The van der Waals surface area contributed by atoms with Gasteiger partial charge >= 0.3 is 0 Å². The molecule has 0 aromatic heterocycles. The molecule has 3 aromatic carbocycles. The number of unbranched alkanes of at least 4 members (excludes halogenated alkanes) is 1. The molecule has 2 amide bonds. The van der Waals surface area contributed by atoms with Crippen LogP contribution in [0.5, 0.6) is 0 Å². The second-order valence-corrected chi connectivity index (χ2v) is 12.2. The van der Waals surface area contributed by atoms with E-state index in [1.807, 2.05) is 52.0 Å². The van der Waals surface area contributed by atoms with Crippen LogP contribution in [0, 0.1) is 13.8 Å². The number of halogens is 1. The highest BCUT2D eigenvalue weighted by Gasteiger charge is 2.33. The van der Waals surface area contributed by atoms with E-state index >= 15 is 0 Å². The van der Waals surface area contributed by atoms with E-state index in [0.717, 1.165) is 33.8 Å². The molecule has 0 saturated heterocycles. The van der Waals surface area contributed by atoms with Crippen LogP contribution in [-0.2, 0) is 26.2 Å². The lowest BCUT2D eigenvalue weighted by Gasteiger charge is -2.33. The minimum Gasteiger partial charge on any atom is -0.354 e. The number of nitrogens with one attached hydrogen (secondary N) is 1. The lowest BCUT2D eigenvalue weighted by atomic mass is 10.1. The zero-order valence-corrected chi connectivity index (χ0v) is 25.1. The summed E-state index contributed by atoms with van der Waals surface area (Å²) in [5.74, 6) is -0.748. The molecule has 0 unspecified atom stereocenters. The standard InChI is InChI=1S/C31H38ClN3O4S/c1-5-7-18-33-31(37)29(6-2)34(21-25-11-8-10-24(4)19-25)30(36)22-35(27-13-9-12-26(32)20-27)40(38,39)28-16-14-23(3)15-17-28/h8-17,19-20,29H,5-7,18,21-22H2,1-4H3,(H,33,37)/t29-/m0/s1. The molecule has 0 heterocycles. The number of carbonyl (C=O) groups excluding carboxylic acids is 2. The Morgan fingerprint density at radius 2 is 1.62 bits per heavy atom. The first-order chi connectivity index (χ1) is 19.1. The highest BCUT2D eigenvalue weighted by atomic mass is 35.5. The summed E-state index contributed by atoms with van der Waals surface area (Å²) in [5, 5.41) is 3.28. The lowest BCUT2D eigenvalue weighted by molar-refractivity contribution is -0.140. The number of hydrogen-bond acceptors (Lipinski definition) is 4. The Morgan fingerprint density at radius 3 is 2.25 bits per heavy atom. The van der Waals surface area contributed by atoms with E-state index in [2.05, 4.69) is 5.32 Å². The molecule has 0 fully saturated rings. The summed E-state index contributed by atoms with van der Waals surface area (Å²) in [6, 6.07) is 19.8. The Bertz CT molecular complexity index is 1410. The molecule has 3 aromatic rings. The molecule has 0 spiro atoms. The van der Waals surface area contributed by atoms with Gasteiger partial charge in [-0.05, 0) is 62.6 Å². The maximum atomic E-state index is 14.1. The normalized spacial score (nSPS) is 12.0. The number of anilines is 1. The minimum absolute atomic E-state index is 0.0560. The maximum Gasteiger partial charge on any atom is 0.264 e. The minimum atomic E-state index is -4.14. The summed E-state index contributed by atoms with van der Waals surface area (Å²) in [6.45, 7) is 7.88. The van der Waals surface area contributed by atoms with Gasteiger partial charge in [-0.1, -0.05) is 85.5 Å². The van der Waals surface area contributed by atoms with Gasteiger partial charge in [0.2, 0.25) is 11.8 Å². The number of aryl methyl sites for hydroxylation is 2.